The summed E-state index contributed by atoms with van der Waals surface area (Å²) in [5.41, 5.74) is 0.859. The number of aliphatic carboxylic acids is 2. The van der Waals surface area contributed by atoms with E-state index in [1.54, 1.807) is 11.9 Å². The average Bonchev–Trinajstić information content (AvgIpc) is 2.92. The molecule has 1 aliphatic rings. The second kappa shape index (κ2) is 15.3. The van der Waals surface area contributed by atoms with E-state index in [9.17, 15) is 19.5 Å². The first-order chi connectivity index (χ1) is 18.5. The lowest BCUT2D eigenvalue weighted by molar-refractivity contribution is -0.135. The molecule has 1 heterocycles. The van der Waals surface area contributed by atoms with Crippen LogP contribution in [0.3, 0.4) is 0 Å². The molecule has 0 saturated carbocycles. The van der Waals surface area contributed by atoms with Crippen molar-refractivity contribution in [3.05, 3.63) is 71.3 Å². The number of halogens is 1. The second-order valence-electron chi connectivity index (χ2n) is 9.32. The SMILES string of the molecule is CCOc1ccccc1N(C)C(=O)C(C)C1(O)CCN(CCc2ccccc2Cl)CC1.O=C(O)/C=C/C(=O)O. The van der Waals surface area contributed by atoms with Gasteiger partial charge in [-0.1, -0.05) is 48.9 Å². The van der Waals surface area contributed by atoms with E-state index in [2.05, 4.69) is 11.0 Å². The highest BCUT2D eigenvalue weighted by Crippen LogP contribution is 2.34. The molecule has 1 aliphatic heterocycles. The van der Waals surface area contributed by atoms with Crippen molar-refractivity contribution >= 4 is 35.1 Å². The molecule has 1 atom stereocenters. The molecule has 1 unspecified atom stereocenters. The lowest BCUT2D eigenvalue weighted by atomic mass is 9.79. The topological polar surface area (TPSA) is 128 Å². The Labute approximate surface area is 234 Å². The number of carboxylic acids is 2. The van der Waals surface area contributed by atoms with Crippen molar-refractivity contribution in [3.63, 3.8) is 0 Å². The molecule has 1 fully saturated rings. The van der Waals surface area contributed by atoms with Gasteiger partial charge in [0.1, 0.15) is 5.75 Å². The van der Waals surface area contributed by atoms with Gasteiger partial charge in [-0.05, 0) is 49.9 Å². The number of carboxylic acid groups (broad SMARTS) is 2. The Kier molecular flexibility index (Phi) is 12.4. The van der Waals surface area contributed by atoms with Gasteiger partial charge in [0, 0.05) is 43.9 Å². The number of rotatable bonds is 10. The Hall–Kier alpha value is -3.40. The number of aliphatic hydroxyl groups is 1. The van der Waals surface area contributed by atoms with Crippen molar-refractivity contribution in [1.82, 2.24) is 4.90 Å². The quantitative estimate of drug-likeness (QED) is 0.370. The molecule has 1 saturated heterocycles. The molecule has 0 spiro atoms. The smallest absolute Gasteiger partial charge is 0.328 e. The third-order valence-electron chi connectivity index (χ3n) is 6.78. The van der Waals surface area contributed by atoms with Crippen LogP contribution in [-0.4, -0.2) is 77.0 Å². The van der Waals surface area contributed by atoms with Gasteiger partial charge in [-0.25, -0.2) is 9.59 Å². The average molecular weight is 561 g/mol. The minimum atomic E-state index is -1.26. The van der Waals surface area contributed by atoms with E-state index >= 15 is 0 Å². The highest BCUT2D eigenvalue weighted by molar-refractivity contribution is 6.31. The van der Waals surface area contributed by atoms with Gasteiger partial charge in [-0.15, -0.1) is 0 Å². The molecule has 3 N–H and O–H groups in total. The number of para-hydroxylation sites is 2. The Balaban J connectivity index is 0.000000580. The molecule has 0 radical (unpaired) electrons. The number of hydrogen-bond acceptors (Lipinski definition) is 6. The first kappa shape index (κ1) is 31.8. The molecule has 39 heavy (non-hydrogen) atoms. The fourth-order valence-electron chi connectivity index (χ4n) is 4.37. The van der Waals surface area contributed by atoms with Gasteiger partial charge in [0.05, 0.1) is 23.8 Å². The second-order valence-corrected chi connectivity index (χ2v) is 9.72. The van der Waals surface area contributed by atoms with Crippen LogP contribution >= 0.6 is 11.6 Å². The van der Waals surface area contributed by atoms with E-state index in [1.165, 1.54) is 0 Å². The highest BCUT2D eigenvalue weighted by atomic mass is 35.5. The molecule has 10 heteroatoms. The Morgan fingerprint density at radius 2 is 1.62 bits per heavy atom. The Bertz CT molecular complexity index is 1130. The van der Waals surface area contributed by atoms with Crippen LogP contribution in [0.15, 0.2) is 60.7 Å². The van der Waals surface area contributed by atoms with Gasteiger partial charge in [-0.3, -0.25) is 4.79 Å². The maximum absolute atomic E-state index is 13.2. The van der Waals surface area contributed by atoms with E-state index in [-0.39, 0.29) is 5.91 Å². The van der Waals surface area contributed by atoms with Crippen molar-refractivity contribution in [2.45, 2.75) is 38.7 Å². The number of carbonyl (C=O) groups excluding carboxylic acids is 1. The van der Waals surface area contributed by atoms with Crippen molar-refractivity contribution in [2.75, 3.05) is 38.2 Å². The largest absolute Gasteiger partial charge is 0.492 e. The standard InChI is InChI=1S/C25H33ClN2O3.C4H4O4/c1-4-31-23-12-8-7-11-22(23)27(3)24(29)19(2)25(30)14-17-28(18-15-25)16-13-20-9-5-6-10-21(20)26;5-3(6)1-2-4(7)8/h5-12,19,30H,4,13-18H2,1-3H3;1-2H,(H,5,6)(H,7,8)/b;2-1+. The van der Waals surface area contributed by atoms with Crippen molar-refractivity contribution in [1.29, 1.82) is 0 Å². The van der Waals surface area contributed by atoms with Gasteiger partial charge in [-0.2, -0.15) is 0 Å². The molecule has 9 nitrogen and oxygen atoms in total. The third-order valence-corrected chi connectivity index (χ3v) is 7.15. The lowest BCUT2D eigenvalue weighted by Gasteiger charge is -2.42. The number of likely N-dealkylation sites (tertiary alicyclic amines) is 1. The summed E-state index contributed by atoms with van der Waals surface area (Å²) in [6, 6.07) is 15.4. The van der Waals surface area contributed by atoms with E-state index in [0.717, 1.165) is 42.3 Å². The van der Waals surface area contributed by atoms with Crippen LogP contribution in [0.1, 0.15) is 32.3 Å². The fraction of sp³-hybridized carbons (Fsp3) is 0.414. The Morgan fingerprint density at radius 3 is 2.18 bits per heavy atom. The first-order valence-corrected chi connectivity index (χ1v) is 13.2. The minimum absolute atomic E-state index is 0.0980. The number of hydrogen-bond donors (Lipinski definition) is 3. The molecular formula is C29H37ClN2O7. The van der Waals surface area contributed by atoms with Crippen molar-refractivity contribution in [2.24, 2.45) is 5.92 Å². The summed E-state index contributed by atoms with van der Waals surface area (Å²) in [6.07, 6.45) is 3.14. The third kappa shape index (κ3) is 9.69. The van der Waals surface area contributed by atoms with Gasteiger partial charge in [0.15, 0.2) is 0 Å². The fourth-order valence-corrected chi connectivity index (χ4v) is 4.60. The minimum Gasteiger partial charge on any atom is -0.492 e. The van der Waals surface area contributed by atoms with Gasteiger partial charge >= 0.3 is 11.9 Å². The molecule has 2 aromatic rings. The zero-order valence-electron chi connectivity index (χ0n) is 22.5. The number of piperidine rings is 1. The summed E-state index contributed by atoms with van der Waals surface area (Å²) >= 11 is 6.27. The van der Waals surface area contributed by atoms with E-state index in [1.807, 2.05) is 56.3 Å². The number of ether oxygens (including phenoxy) is 1. The molecular weight excluding hydrogens is 524 g/mol. The number of carbonyl (C=O) groups is 3. The van der Waals surface area contributed by atoms with E-state index in [0.29, 0.717) is 37.4 Å². The first-order valence-electron chi connectivity index (χ1n) is 12.8. The maximum Gasteiger partial charge on any atom is 0.328 e. The number of nitrogens with zero attached hydrogens (tertiary/aromatic N) is 2. The van der Waals surface area contributed by atoms with Crippen LogP contribution in [0.25, 0.3) is 0 Å². The predicted octanol–water partition coefficient (Wildman–Crippen LogP) is 4.12. The van der Waals surface area contributed by atoms with Crippen LogP contribution in [-0.2, 0) is 20.8 Å². The zero-order chi connectivity index (χ0) is 29.0. The Morgan fingerprint density at radius 1 is 1.05 bits per heavy atom. The number of benzene rings is 2. The molecule has 1 amide bonds. The molecule has 0 bridgehead atoms. The van der Waals surface area contributed by atoms with Crippen LogP contribution in [0.5, 0.6) is 5.75 Å². The van der Waals surface area contributed by atoms with Crippen molar-refractivity contribution < 1.29 is 34.4 Å². The van der Waals surface area contributed by atoms with Crippen LogP contribution < -0.4 is 9.64 Å². The van der Waals surface area contributed by atoms with E-state index in [4.69, 9.17) is 26.6 Å². The van der Waals surface area contributed by atoms with Crippen molar-refractivity contribution in [3.8, 4) is 5.75 Å². The summed E-state index contributed by atoms with van der Waals surface area (Å²) in [7, 11) is 1.75. The van der Waals surface area contributed by atoms with Gasteiger partial charge in [0.2, 0.25) is 5.91 Å². The molecule has 2 aromatic carbocycles. The molecule has 0 aliphatic carbocycles. The molecule has 3 rings (SSSR count). The summed E-state index contributed by atoms with van der Waals surface area (Å²) < 4.78 is 5.67. The van der Waals surface area contributed by atoms with Gasteiger partial charge in [0.25, 0.3) is 0 Å². The zero-order valence-corrected chi connectivity index (χ0v) is 23.3. The lowest BCUT2D eigenvalue weighted by Crippen LogP contribution is -2.53. The normalized spacial score (nSPS) is 15.6. The molecule has 212 valence electrons. The number of amides is 1. The highest BCUT2D eigenvalue weighted by Gasteiger charge is 2.42. The summed E-state index contributed by atoms with van der Waals surface area (Å²) in [6.45, 7) is 6.70. The summed E-state index contributed by atoms with van der Waals surface area (Å²) in [5.74, 6) is -2.44. The monoisotopic (exact) mass is 560 g/mol. The summed E-state index contributed by atoms with van der Waals surface area (Å²) in [5, 5.41) is 27.7. The maximum atomic E-state index is 13.2. The predicted molar refractivity (Wildman–Crippen MR) is 150 cm³/mol. The van der Waals surface area contributed by atoms with Gasteiger partial charge < -0.3 is 29.9 Å². The number of anilines is 1. The van der Waals surface area contributed by atoms with E-state index < -0.39 is 23.5 Å². The summed E-state index contributed by atoms with van der Waals surface area (Å²) in [4.78, 5) is 36.3. The van der Waals surface area contributed by atoms with Crippen LogP contribution in [0.4, 0.5) is 5.69 Å². The van der Waals surface area contributed by atoms with Crippen LogP contribution in [0, 0.1) is 5.92 Å². The van der Waals surface area contributed by atoms with Crippen LogP contribution in [0.2, 0.25) is 5.02 Å². The molecule has 0 aromatic heterocycles.